The van der Waals surface area contributed by atoms with E-state index in [4.69, 9.17) is 4.74 Å². The second kappa shape index (κ2) is 5.52. The van der Waals surface area contributed by atoms with Crippen LogP contribution in [-0.4, -0.2) is 12.4 Å². The lowest BCUT2D eigenvalue weighted by molar-refractivity contribution is 0.103. The first-order chi connectivity index (χ1) is 9.66. The van der Waals surface area contributed by atoms with Gasteiger partial charge in [-0.3, -0.25) is 4.79 Å². The maximum absolute atomic E-state index is 13.1. The molecule has 0 bridgehead atoms. The molecule has 2 nitrogen and oxygen atoms in total. The molecule has 1 aliphatic rings. The Bertz CT molecular complexity index is 682. The number of hydrogen-bond donors (Lipinski definition) is 0. The molecule has 0 aliphatic carbocycles. The van der Waals surface area contributed by atoms with Crippen molar-refractivity contribution in [2.24, 2.45) is 0 Å². The highest BCUT2D eigenvalue weighted by atomic mass is 127. The summed E-state index contributed by atoms with van der Waals surface area (Å²) < 4.78 is 19.4. The van der Waals surface area contributed by atoms with Crippen LogP contribution < -0.4 is 4.74 Å². The first kappa shape index (κ1) is 13.5. The van der Waals surface area contributed by atoms with E-state index in [9.17, 15) is 9.18 Å². The van der Waals surface area contributed by atoms with Crippen LogP contribution >= 0.6 is 22.6 Å². The van der Waals surface area contributed by atoms with Gasteiger partial charge < -0.3 is 4.74 Å². The van der Waals surface area contributed by atoms with Crippen LogP contribution in [0.5, 0.6) is 5.75 Å². The van der Waals surface area contributed by atoms with E-state index in [1.807, 2.05) is 34.7 Å². The largest absolute Gasteiger partial charge is 0.493 e. The first-order valence-electron chi connectivity index (χ1n) is 6.41. The molecule has 20 heavy (non-hydrogen) atoms. The topological polar surface area (TPSA) is 26.3 Å². The van der Waals surface area contributed by atoms with Crippen molar-refractivity contribution >= 4 is 28.4 Å². The zero-order chi connectivity index (χ0) is 14.1. The summed E-state index contributed by atoms with van der Waals surface area (Å²) in [6.45, 7) is 0.637. The van der Waals surface area contributed by atoms with Gasteiger partial charge in [0, 0.05) is 9.13 Å². The van der Waals surface area contributed by atoms with Crippen LogP contribution in [0.2, 0.25) is 0 Å². The quantitative estimate of drug-likeness (QED) is 0.580. The molecule has 3 rings (SSSR count). The maximum atomic E-state index is 13.1. The Morgan fingerprint density at radius 1 is 1.20 bits per heavy atom. The molecule has 1 aliphatic heterocycles. The standard InChI is InChI=1S/C16H12FIO2/c17-11-6-7-12(14(18)9-11)15(19)13-5-1-3-10-4-2-8-20-16(10)13/h1,3,5-7,9H,2,4,8H2. The van der Waals surface area contributed by atoms with Crippen molar-refractivity contribution in [2.45, 2.75) is 12.8 Å². The summed E-state index contributed by atoms with van der Waals surface area (Å²) in [5, 5.41) is 0. The number of carbonyl (C=O) groups excluding carboxylic acids is 1. The fourth-order valence-electron chi connectivity index (χ4n) is 2.39. The predicted molar refractivity (Wildman–Crippen MR) is 82.8 cm³/mol. The van der Waals surface area contributed by atoms with Gasteiger partial charge in [0.25, 0.3) is 0 Å². The van der Waals surface area contributed by atoms with Crippen molar-refractivity contribution < 1.29 is 13.9 Å². The molecule has 1 heterocycles. The number of aryl methyl sites for hydroxylation is 1. The Labute approximate surface area is 130 Å². The summed E-state index contributed by atoms with van der Waals surface area (Å²) in [7, 11) is 0. The van der Waals surface area contributed by atoms with E-state index in [0.29, 0.717) is 27.1 Å². The molecule has 4 heteroatoms. The fourth-order valence-corrected chi connectivity index (χ4v) is 3.11. The van der Waals surface area contributed by atoms with Crippen LogP contribution in [0.1, 0.15) is 27.9 Å². The number of halogens is 2. The van der Waals surface area contributed by atoms with Gasteiger partial charge >= 0.3 is 0 Å². The van der Waals surface area contributed by atoms with Gasteiger partial charge in [0.05, 0.1) is 12.2 Å². The minimum Gasteiger partial charge on any atom is -0.493 e. The predicted octanol–water partition coefficient (Wildman–Crippen LogP) is 3.99. The Balaban J connectivity index is 2.07. The number of rotatable bonds is 2. The lowest BCUT2D eigenvalue weighted by Gasteiger charge is -2.19. The average Bonchev–Trinajstić information content (AvgIpc) is 2.46. The van der Waals surface area contributed by atoms with Crippen LogP contribution in [0, 0.1) is 9.39 Å². The molecule has 0 fully saturated rings. The van der Waals surface area contributed by atoms with E-state index < -0.39 is 0 Å². The average molecular weight is 382 g/mol. The second-order valence-corrected chi connectivity index (χ2v) is 5.86. The molecule has 2 aromatic carbocycles. The van der Waals surface area contributed by atoms with Gasteiger partial charge in [0.15, 0.2) is 5.78 Å². The number of ether oxygens (including phenoxy) is 1. The third-order valence-electron chi connectivity index (χ3n) is 3.35. The van der Waals surface area contributed by atoms with Crippen molar-refractivity contribution in [3.05, 3.63) is 62.5 Å². The maximum Gasteiger partial charge on any atom is 0.197 e. The molecule has 0 atom stereocenters. The zero-order valence-electron chi connectivity index (χ0n) is 10.7. The van der Waals surface area contributed by atoms with Crippen LogP contribution in [0.15, 0.2) is 36.4 Å². The van der Waals surface area contributed by atoms with Crippen molar-refractivity contribution in [3.8, 4) is 5.75 Å². The lowest BCUT2D eigenvalue weighted by atomic mass is 9.97. The van der Waals surface area contributed by atoms with Crippen molar-refractivity contribution in [3.63, 3.8) is 0 Å². The van der Waals surface area contributed by atoms with Gasteiger partial charge in [-0.25, -0.2) is 4.39 Å². The van der Waals surface area contributed by atoms with Crippen molar-refractivity contribution in [2.75, 3.05) is 6.61 Å². The third-order valence-corrected chi connectivity index (χ3v) is 4.25. The minimum absolute atomic E-state index is 0.117. The number of para-hydroxylation sites is 1. The van der Waals surface area contributed by atoms with Crippen molar-refractivity contribution in [1.29, 1.82) is 0 Å². The summed E-state index contributed by atoms with van der Waals surface area (Å²) in [6, 6.07) is 9.83. The molecular weight excluding hydrogens is 370 g/mol. The smallest absolute Gasteiger partial charge is 0.197 e. The molecule has 0 radical (unpaired) electrons. The number of ketones is 1. The van der Waals surface area contributed by atoms with Crippen molar-refractivity contribution in [1.82, 2.24) is 0 Å². The molecule has 0 saturated heterocycles. The van der Waals surface area contributed by atoms with E-state index in [2.05, 4.69) is 0 Å². The second-order valence-electron chi connectivity index (χ2n) is 4.70. The number of carbonyl (C=O) groups is 1. The molecule has 102 valence electrons. The SMILES string of the molecule is O=C(c1ccc(F)cc1I)c1cccc2c1OCCC2. The van der Waals surface area contributed by atoms with E-state index in [0.717, 1.165) is 18.4 Å². The van der Waals surface area contributed by atoms with Crippen LogP contribution in [0.4, 0.5) is 4.39 Å². The molecule has 0 spiro atoms. The number of hydrogen-bond acceptors (Lipinski definition) is 2. The summed E-state index contributed by atoms with van der Waals surface area (Å²) in [5.74, 6) is 0.231. The summed E-state index contributed by atoms with van der Waals surface area (Å²) in [5.41, 5.74) is 2.14. The van der Waals surface area contributed by atoms with E-state index >= 15 is 0 Å². The van der Waals surface area contributed by atoms with Crippen LogP contribution in [0.3, 0.4) is 0 Å². The molecule has 0 N–H and O–H groups in total. The highest BCUT2D eigenvalue weighted by molar-refractivity contribution is 14.1. The number of fused-ring (bicyclic) bond motifs is 1. The van der Waals surface area contributed by atoms with E-state index in [-0.39, 0.29) is 11.6 Å². The Morgan fingerprint density at radius 2 is 2.05 bits per heavy atom. The van der Waals surface area contributed by atoms with Crippen LogP contribution in [-0.2, 0) is 6.42 Å². The summed E-state index contributed by atoms with van der Waals surface area (Å²) in [6.07, 6.45) is 1.90. The zero-order valence-corrected chi connectivity index (χ0v) is 12.8. The molecule has 0 saturated carbocycles. The van der Waals surface area contributed by atoms with Gasteiger partial charge in [-0.05, 0) is 65.3 Å². The van der Waals surface area contributed by atoms with Gasteiger partial charge in [0.2, 0.25) is 0 Å². The van der Waals surface area contributed by atoms with E-state index in [1.165, 1.54) is 18.2 Å². The first-order valence-corrected chi connectivity index (χ1v) is 7.49. The molecule has 0 aromatic heterocycles. The van der Waals surface area contributed by atoms with Gasteiger partial charge in [-0.1, -0.05) is 12.1 Å². The monoisotopic (exact) mass is 382 g/mol. The summed E-state index contributed by atoms with van der Waals surface area (Å²) in [4.78, 5) is 12.6. The highest BCUT2D eigenvalue weighted by Gasteiger charge is 2.21. The number of benzene rings is 2. The Morgan fingerprint density at radius 3 is 2.85 bits per heavy atom. The normalized spacial score (nSPS) is 13.5. The Kier molecular flexibility index (Phi) is 3.74. The fraction of sp³-hybridized carbons (Fsp3) is 0.188. The van der Waals surface area contributed by atoms with Gasteiger partial charge in [-0.15, -0.1) is 0 Å². The van der Waals surface area contributed by atoms with Gasteiger partial charge in [-0.2, -0.15) is 0 Å². The minimum atomic E-state index is -0.336. The van der Waals surface area contributed by atoms with E-state index in [1.54, 1.807) is 6.07 Å². The summed E-state index contributed by atoms with van der Waals surface area (Å²) >= 11 is 1.98. The molecule has 0 unspecified atom stereocenters. The Hall–Kier alpha value is -1.43. The molecule has 2 aromatic rings. The molecular formula is C16H12FIO2. The molecule has 0 amide bonds. The highest BCUT2D eigenvalue weighted by Crippen LogP contribution is 2.31. The lowest BCUT2D eigenvalue weighted by Crippen LogP contribution is -2.14. The van der Waals surface area contributed by atoms with Gasteiger partial charge in [0.1, 0.15) is 11.6 Å². The van der Waals surface area contributed by atoms with Crippen LogP contribution in [0.25, 0.3) is 0 Å². The third kappa shape index (κ3) is 2.44.